The van der Waals surface area contributed by atoms with Gasteiger partial charge in [-0.25, -0.2) is 4.98 Å². The number of benzene rings is 1. The fourth-order valence-corrected chi connectivity index (χ4v) is 2.94. The molecule has 1 fully saturated rings. The Morgan fingerprint density at radius 3 is 2.80 bits per heavy atom. The van der Waals surface area contributed by atoms with E-state index in [1.165, 1.54) is 12.8 Å². The minimum absolute atomic E-state index is 0.111. The van der Waals surface area contributed by atoms with Crippen LogP contribution in [0.15, 0.2) is 30.5 Å². The van der Waals surface area contributed by atoms with E-state index in [4.69, 9.17) is 16.2 Å². The molecule has 3 rings (SSSR count). The number of primary amides is 1. The number of carbonyl (C=O) groups excluding carboxylic acids is 1. The van der Waals surface area contributed by atoms with Gasteiger partial charge in [0.1, 0.15) is 12.4 Å². The van der Waals surface area contributed by atoms with E-state index in [9.17, 15) is 4.79 Å². The van der Waals surface area contributed by atoms with Gasteiger partial charge in [-0.15, -0.1) is 0 Å². The smallest absolute Gasteiger partial charge is 0.269 e. The van der Waals surface area contributed by atoms with Gasteiger partial charge in [-0.2, -0.15) is 0 Å². The molecule has 0 saturated carbocycles. The van der Waals surface area contributed by atoms with Crippen LogP contribution >= 0.6 is 0 Å². The first kappa shape index (κ1) is 17.3. The predicted octanol–water partition coefficient (Wildman–Crippen LogP) is 1.18. The summed E-state index contributed by atoms with van der Waals surface area (Å²) < 4.78 is 5.85. The lowest BCUT2D eigenvalue weighted by Crippen LogP contribution is -2.25. The zero-order chi connectivity index (χ0) is 17.6. The van der Waals surface area contributed by atoms with Crippen LogP contribution in [-0.2, 0) is 6.54 Å². The van der Waals surface area contributed by atoms with Crippen LogP contribution in [0.1, 0.15) is 29.0 Å². The second-order valence-corrected chi connectivity index (χ2v) is 6.04. The zero-order valence-corrected chi connectivity index (χ0v) is 14.1. The van der Waals surface area contributed by atoms with E-state index < -0.39 is 5.91 Å². The molecule has 0 radical (unpaired) electrons. The third-order valence-corrected chi connectivity index (χ3v) is 4.28. The summed E-state index contributed by atoms with van der Waals surface area (Å²) in [6.07, 6.45) is 4.14. The van der Waals surface area contributed by atoms with Crippen molar-refractivity contribution in [1.29, 1.82) is 0 Å². The van der Waals surface area contributed by atoms with Gasteiger partial charge < -0.3 is 16.2 Å². The molecule has 1 aromatic heterocycles. The third-order valence-electron chi connectivity index (χ3n) is 4.28. The van der Waals surface area contributed by atoms with Crippen LogP contribution in [0.4, 0.5) is 0 Å². The highest BCUT2D eigenvalue weighted by molar-refractivity contribution is 5.92. The number of amides is 1. The SMILES string of the molecule is NCc1ncc(-c2cccc(OCCN3CCCC3)c2)nc1C(N)=O. The van der Waals surface area contributed by atoms with Crippen molar-refractivity contribution in [2.24, 2.45) is 11.5 Å². The van der Waals surface area contributed by atoms with Gasteiger partial charge in [0.05, 0.1) is 17.6 Å². The average Bonchev–Trinajstić information content (AvgIpc) is 3.15. The monoisotopic (exact) mass is 341 g/mol. The standard InChI is InChI=1S/C18H23N5O2/c19-11-15-17(18(20)24)22-16(12-21-15)13-4-3-5-14(10-13)25-9-8-23-6-1-2-7-23/h3-5,10,12H,1-2,6-9,11,19H2,(H2,20,24). The average molecular weight is 341 g/mol. The highest BCUT2D eigenvalue weighted by atomic mass is 16.5. The van der Waals surface area contributed by atoms with Crippen molar-refractivity contribution in [1.82, 2.24) is 14.9 Å². The Morgan fingerprint density at radius 1 is 1.28 bits per heavy atom. The first-order valence-corrected chi connectivity index (χ1v) is 8.49. The Labute approximate surface area is 147 Å². The third kappa shape index (κ3) is 4.32. The second kappa shape index (κ2) is 8.04. The molecule has 1 amide bonds. The van der Waals surface area contributed by atoms with E-state index in [2.05, 4.69) is 14.9 Å². The number of hydrogen-bond donors (Lipinski definition) is 2. The lowest BCUT2D eigenvalue weighted by Gasteiger charge is -2.15. The van der Waals surface area contributed by atoms with Crippen LogP contribution in [0.5, 0.6) is 5.75 Å². The molecule has 0 unspecified atom stereocenters. The maximum atomic E-state index is 11.5. The minimum atomic E-state index is -0.632. The number of nitrogens with zero attached hydrogens (tertiary/aromatic N) is 3. The molecule has 7 heteroatoms. The highest BCUT2D eigenvalue weighted by Gasteiger charge is 2.13. The number of rotatable bonds is 7. The molecule has 25 heavy (non-hydrogen) atoms. The van der Waals surface area contributed by atoms with Gasteiger partial charge in [0.2, 0.25) is 0 Å². The van der Waals surface area contributed by atoms with E-state index in [0.29, 0.717) is 18.0 Å². The molecule has 7 nitrogen and oxygen atoms in total. The van der Waals surface area contributed by atoms with Gasteiger partial charge in [-0.3, -0.25) is 14.7 Å². The molecule has 1 aromatic carbocycles. The van der Waals surface area contributed by atoms with Gasteiger partial charge in [0, 0.05) is 18.7 Å². The maximum Gasteiger partial charge on any atom is 0.269 e. The summed E-state index contributed by atoms with van der Waals surface area (Å²) in [5.74, 6) is 0.134. The van der Waals surface area contributed by atoms with Crippen LogP contribution in [0, 0.1) is 0 Å². The first-order chi connectivity index (χ1) is 12.2. The van der Waals surface area contributed by atoms with E-state index in [1.807, 2.05) is 24.3 Å². The molecule has 0 spiro atoms. The molecule has 1 aliphatic heterocycles. The Balaban J connectivity index is 1.72. The van der Waals surface area contributed by atoms with Crippen molar-refractivity contribution < 1.29 is 9.53 Å². The quantitative estimate of drug-likeness (QED) is 0.783. The summed E-state index contributed by atoms with van der Waals surface area (Å²) in [6, 6.07) is 7.58. The Hall–Kier alpha value is -2.51. The summed E-state index contributed by atoms with van der Waals surface area (Å²) in [6.45, 7) is 4.00. The number of ether oxygens (including phenoxy) is 1. The lowest BCUT2D eigenvalue weighted by molar-refractivity contribution is 0.0994. The fraction of sp³-hybridized carbons (Fsp3) is 0.389. The van der Waals surface area contributed by atoms with Crippen LogP contribution in [-0.4, -0.2) is 47.0 Å². The van der Waals surface area contributed by atoms with E-state index in [0.717, 1.165) is 30.9 Å². The number of hydrogen-bond acceptors (Lipinski definition) is 6. The van der Waals surface area contributed by atoms with Crippen LogP contribution < -0.4 is 16.2 Å². The van der Waals surface area contributed by atoms with E-state index in [1.54, 1.807) is 6.20 Å². The van der Waals surface area contributed by atoms with Gasteiger partial charge in [0.15, 0.2) is 5.69 Å². The topological polar surface area (TPSA) is 107 Å². The summed E-state index contributed by atoms with van der Waals surface area (Å²) in [4.78, 5) is 22.5. The molecular formula is C18H23N5O2. The van der Waals surface area contributed by atoms with E-state index >= 15 is 0 Å². The lowest BCUT2D eigenvalue weighted by atomic mass is 10.1. The van der Waals surface area contributed by atoms with Crippen molar-refractivity contribution in [2.75, 3.05) is 26.2 Å². The molecule has 1 aliphatic rings. The van der Waals surface area contributed by atoms with Crippen molar-refractivity contribution in [3.63, 3.8) is 0 Å². The first-order valence-electron chi connectivity index (χ1n) is 8.49. The summed E-state index contributed by atoms with van der Waals surface area (Å²) in [5, 5.41) is 0. The minimum Gasteiger partial charge on any atom is -0.492 e. The summed E-state index contributed by atoms with van der Waals surface area (Å²) in [7, 11) is 0. The largest absolute Gasteiger partial charge is 0.492 e. The molecule has 4 N–H and O–H groups in total. The zero-order valence-electron chi connectivity index (χ0n) is 14.1. The molecule has 0 atom stereocenters. The van der Waals surface area contributed by atoms with Gasteiger partial charge in [-0.05, 0) is 38.1 Å². The van der Waals surface area contributed by atoms with Gasteiger partial charge in [0.25, 0.3) is 5.91 Å². The number of nitrogens with two attached hydrogens (primary N) is 2. The van der Waals surface area contributed by atoms with Crippen LogP contribution in [0.2, 0.25) is 0 Å². The van der Waals surface area contributed by atoms with Crippen molar-refractivity contribution in [2.45, 2.75) is 19.4 Å². The van der Waals surface area contributed by atoms with Crippen molar-refractivity contribution >= 4 is 5.91 Å². The second-order valence-electron chi connectivity index (χ2n) is 6.04. The fourth-order valence-electron chi connectivity index (χ4n) is 2.94. The van der Waals surface area contributed by atoms with Crippen molar-refractivity contribution in [3.05, 3.63) is 41.9 Å². The van der Waals surface area contributed by atoms with Crippen molar-refractivity contribution in [3.8, 4) is 17.0 Å². The highest BCUT2D eigenvalue weighted by Crippen LogP contribution is 2.23. The van der Waals surface area contributed by atoms with E-state index in [-0.39, 0.29) is 12.2 Å². The molecule has 1 saturated heterocycles. The molecule has 2 heterocycles. The molecule has 0 aliphatic carbocycles. The summed E-state index contributed by atoms with van der Waals surface area (Å²) in [5.41, 5.74) is 12.8. The number of likely N-dealkylation sites (tertiary alicyclic amines) is 1. The maximum absolute atomic E-state index is 11.5. The van der Waals surface area contributed by atoms with Gasteiger partial charge >= 0.3 is 0 Å². The predicted molar refractivity (Wildman–Crippen MR) is 95.0 cm³/mol. The number of carbonyl (C=O) groups is 1. The Bertz CT molecular complexity index is 744. The normalized spacial score (nSPS) is 14.6. The molecule has 2 aromatic rings. The molecule has 132 valence electrons. The van der Waals surface area contributed by atoms with Crippen LogP contribution in [0.3, 0.4) is 0 Å². The van der Waals surface area contributed by atoms with Crippen LogP contribution in [0.25, 0.3) is 11.3 Å². The van der Waals surface area contributed by atoms with Gasteiger partial charge in [-0.1, -0.05) is 12.1 Å². The molecule has 0 bridgehead atoms. The Morgan fingerprint density at radius 2 is 2.08 bits per heavy atom. The molecular weight excluding hydrogens is 318 g/mol. The summed E-state index contributed by atoms with van der Waals surface area (Å²) >= 11 is 0. The Kier molecular flexibility index (Phi) is 5.57. The number of aromatic nitrogens is 2.